The van der Waals surface area contributed by atoms with Crippen molar-refractivity contribution in [3.63, 3.8) is 0 Å². The summed E-state index contributed by atoms with van der Waals surface area (Å²) in [5.41, 5.74) is 9.03. The number of hydrogen-bond donors (Lipinski definition) is 1. The van der Waals surface area contributed by atoms with Crippen LogP contribution in [0, 0.1) is 0 Å². The van der Waals surface area contributed by atoms with Crippen LogP contribution in [-0.4, -0.2) is 4.57 Å². The maximum absolute atomic E-state index is 6.31. The Kier molecular flexibility index (Phi) is 5.91. The van der Waals surface area contributed by atoms with E-state index in [4.69, 9.17) is 10.5 Å². The molecule has 29 heavy (non-hydrogen) atoms. The minimum Gasteiger partial charge on any atom is -0.482 e. The van der Waals surface area contributed by atoms with Crippen molar-refractivity contribution in [3.8, 4) is 5.75 Å². The van der Waals surface area contributed by atoms with Crippen molar-refractivity contribution in [1.82, 2.24) is 4.57 Å². The Bertz CT molecular complexity index is 1010. The van der Waals surface area contributed by atoms with E-state index < -0.39 is 0 Å². The van der Waals surface area contributed by atoms with Gasteiger partial charge in [0.1, 0.15) is 24.7 Å². The molecule has 0 saturated carbocycles. The summed E-state index contributed by atoms with van der Waals surface area (Å²) in [5.74, 6) is 0.817. The summed E-state index contributed by atoms with van der Waals surface area (Å²) in [7, 11) is 0. The number of ether oxygens (including phenoxy) is 1. The van der Waals surface area contributed by atoms with Crippen molar-refractivity contribution in [2.24, 2.45) is 0 Å². The fraction of sp³-hybridized carbons (Fsp3) is 0.160. The van der Waals surface area contributed by atoms with E-state index in [9.17, 15) is 0 Å². The number of nitrogens with zero attached hydrogens (tertiary/aromatic N) is 2. The zero-order valence-electron chi connectivity index (χ0n) is 16.4. The molecule has 0 saturated heterocycles. The lowest BCUT2D eigenvalue weighted by Gasteiger charge is -2.18. The average molecular weight is 385 g/mol. The summed E-state index contributed by atoms with van der Waals surface area (Å²) in [5, 5.41) is 0. The molecule has 4 rings (SSSR count). The zero-order chi connectivity index (χ0) is 19.9. The molecule has 4 nitrogen and oxygen atoms in total. The summed E-state index contributed by atoms with van der Waals surface area (Å²) in [6, 6.07) is 28.5. The highest BCUT2D eigenvalue weighted by atomic mass is 16.5. The first kappa shape index (κ1) is 18.8. The third-order valence-electron chi connectivity index (χ3n) is 4.95. The third kappa shape index (κ3) is 5.26. The topological polar surface area (TPSA) is 44.1 Å². The molecule has 0 spiro atoms. The maximum atomic E-state index is 6.31. The smallest absolute Gasteiger partial charge is 0.243 e. The quantitative estimate of drug-likeness (QED) is 0.361. The van der Waals surface area contributed by atoms with E-state index in [0.717, 1.165) is 36.5 Å². The Labute approximate surface area is 171 Å². The van der Waals surface area contributed by atoms with Crippen molar-refractivity contribution in [1.29, 1.82) is 0 Å². The van der Waals surface area contributed by atoms with Crippen LogP contribution in [0.25, 0.3) is 0 Å². The van der Waals surface area contributed by atoms with Crippen LogP contribution in [0.5, 0.6) is 5.75 Å². The van der Waals surface area contributed by atoms with Crippen LogP contribution >= 0.6 is 0 Å². The number of nitrogens with two attached hydrogens (primary N) is 1. The van der Waals surface area contributed by atoms with Crippen LogP contribution in [0.15, 0.2) is 104 Å². The molecule has 146 valence electrons. The minimum absolute atomic E-state index is 0.0882. The number of anilines is 1. The SMILES string of the molecule is Nc1ccc(OC(C[n+]2ccn(CCc3ccccc3)c2)c2ccccc2)cc1. The van der Waals surface area contributed by atoms with Gasteiger partial charge in [-0.05, 0) is 35.4 Å². The molecule has 0 aliphatic carbocycles. The van der Waals surface area contributed by atoms with Gasteiger partial charge in [0, 0.05) is 12.1 Å². The number of aryl methyl sites for hydroxylation is 2. The predicted molar refractivity (Wildman–Crippen MR) is 115 cm³/mol. The Hall–Kier alpha value is -3.53. The highest BCUT2D eigenvalue weighted by Crippen LogP contribution is 2.23. The lowest BCUT2D eigenvalue weighted by Crippen LogP contribution is -2.36. The van der Waals surface area contributed by atoms with Gasteiger partial charge in [0.05, 0.1) is 6.54 Å². The fourth-order valence-corrected chi connectivity index (χ4v) is 3.36. The van der Waals surface area contributed by atoms with Gasteiger partial charge >= 0.3 is 0 Å². The molecule has 4 aromatic rings. The lowest BCUT2D eigenvalue weighted by molar-refractivity contribution is -0.703. The van der Waals surface area contributed by atoms with Gasteiger partial charge in [-0.3, -0.25) is 0 Å². The Balaban J connectivity index is 1.46. The fourth-order valence-electron chi connectivity index (χ4n) is 3.36. The van der Waals surface area contributed by atoms with Crippen LogP contribution < -0.4 is 15.0 Å². The molecule has 1 atom stereocenters. The normalized spacial score (nSPS) is 11.9. The largest absolute Gasteiger partial charge is 0.482 e. The molecule has 3 aromatic carbocycles. The molecule has 1 unspecified atom stereocenters. The van der Waals surface area contributed by atoms with Crippen LogP contribution in [0.3, 0.4) is 0 Å². The first-order valence-electron chi connectivity index (χ1n) is 9.92. The summed E-state index contributed by atoms with van der Waals surface area (Å²) in [6.07, 6.45) is 7.29. The number of nitrogen functional groups attached to an aromatic ring is 1. The summed E-state index contributed by atoms with van der Waals surface area (Å²) >= 11 is 0. The summed E-state index contributed by atoms with van der Waals surface area (Å²) in [4.78, 5) is 0. The van der Waals surface area contributed by atoms with E-state index >= 15 is 0 Å². The first-order valence-corrected chi connectivity index (χ1v) is 9.92. The molecular formula is C25H26N3O+. The summed E-state index contributed by atoms with van der Waals surface area (Å²) in [6.45, 7) is 1.68. The monoisotopic (exact) mass is 384 g/mol. The van der Waals surface area contributed by atoms with Gasteiger partial charge in [0.25, 0.3) is 0 Å². The van der Waals surface area contributed by atoms with Gasteiger partial charge in [0.2, 0.25) is 6.33 Å². The first-order chi connectivity index (χ1) is 14.3. The van der Waals surface area contributed by atoms with Gasteiger partial charge < -0.3 is 10.5 Å². The molecule has 1 aromatic heterocycles. The standard InChI is InChI=1S/C25H26N3O/c26-23-11-13-24(14-12-23)29-25(22-9-5-2-6-10-22)19-28-18-17-27(20-28)16-15-21-7-3-1-4-8-21/h1-14,17-18,20,25H,15-16,19,26H2/q+1. The number of rotatable bonds is 8. The Morgan fingerprint density at radius 1 is 0.862 bits per heavy atom. The van der Waals surface area contributed by atoms with Crippen LogP contribution in [0.1, 0.15) is 17.2 Å². The highest BCUT2D eigenvalue weighted by Gasteiger charge is 2.18. The summed E-state index contributed by atoms with van der Waals surface area (Å²) < 4.78 is 10.7. The zero-order valence-corrected chi connectivity index (χ0v) is 16.4. The van der Waals surface area contributed by atoms with Gasteiger partial charge in [-0.2, -0.15) is 0 Å². The molecule has 0 aliphatic heterocycles. The molecule has 2 N–H and O–H groups in total. The molecular weight excluding hydrogens is 358 g/mol. The number of aromatic nitrogens is 2. The van der Waals surface area contributed by atoms with Gasteiger partial charge in [0.15, 0.2) is 6.10 Å². The second kappa shape index (κ2) is 9.11. The molecule has 0 bridgehead atoms. The van der Waals surface area contributed by atoms with E-state index in [1.165, 1.54) is 5.56 Å². The van der Waals surface area contributed by atoms with Gasteiger partial charge in [-0.1, -0.05) is 60.7 Å². The van der Waals surface area contributed by atoms with Crippen LogP contribution in [0.4, 0.5) is 5.69 Å². The molecule has 0 amide bonds. The molecule has 0 radical (unpaired) electrons. The molecule has 0 aliphatic rings. The van der Waals surface area contributed by atoms with Crippen LogP contribution in [-0.2, 0) is 19.5 Å². The number of hydrogen-bond acceptors (Lipinski definition) is 2. The van der Waals surface area contributed by atoms with Crippen molar-refractivity contribution < 1.29 is 9.30 Å². The van der Waals surface area contributed by atoms with Crippen molar-refractivity contribution >= 4 is 5.69 Å². The Morgan fingerprint density at radius 2 is 1.55 bits per heavy atom. The Morgan fingerprint density at radius 3 is 2.28 bits per heavy atom. The van der Waals surface area contributed by atoms with Gasteiger partial charge in [-0.15, -0.1) is 0 Å². The van der Waals surface area contributed by atoms with E-state index in [1.54, 1.807) is 0 Å². The van der Waals surface area contributed by atoms with Gasteiger partial charge in [-0.25, -0.2) is 9.13 Å². The van der Waals surface area contributed by atoms with E-state index in [2.05, 4.69) is 70.3 Å². The predicted octanol–water partition coefficient (Wildman–Crippen LogP) is 4.42. The molecule has 0 fully saturated rings. The minimum atomic E-state index is -0.0882. The second-order valence-corrected chi connectivity index (χ2v) is 7.17. The second-order valence-electron chi connectivity index (χ2n) is 7.17. The van der Waals surface area contributed by atoms with Crippen LogP contribution in [0.2, 0.25) is 0 Å². The van der Waals surface area contributed by atoms with Crippen molar-refractivity contribution in [2.45, 2.75) is 25.6 Å². The van der Waals surface area contributed by atoms with E-state index in [1.807, 2.05) is 42.5 Å². The van der Waals surface area contributed by atoms with E-state index in [-0.39, 0.29) is 6.10 Å². The highest BCUT2D eigenvalue weighted by molar-refractivity contribution is 5.41. The van der Waals surface area contributed by atoms with E-state index in [0.29, 0.717) is 0 Å². The molecule has 4 heteroatoms. The maximum Gasteiger partial charge on any atom is 0.243 e. The lowest BCUT2D eigenvalue weighted by atomic mass is 10.1. The van der Waals surface area contributed by atoms with Crippen molar-refractivity contribution in [3.05, 3.63) is 115 Å². The molecule has 1 heterocycles. The number of imidazole rings is 1. The number of benzene rings is 3. The average Bonchev–Trinajstić information content (AvgIpc) is 3.22. The van der Waals surface area contributed by atoms with Crippen molar-refractivity contribution in [2.75, 3.05) is 5.73 Å². The third-order valence-corrected chi connectivity index (χ3v) is 4.95.